The van der Waals surface area contributed by atoms with Crippen molar-refractivity contribution in [3.05, 3.63) is 41.0 Å². The predicted molar refractivity (Wildman–Crippen MR) is 82.8 cm³/mol. The van der Waals surface area contributed by atoms with Crippen LogP contribution in [0.1, 0.15) is 30.1 Å². The zero-order chi connectivity index (χ0) is 16.1. The standard InChI is InChI=1S/C15H16ClN3O3/c1-2-4-12(15(21)22)18-14(20)11-8-17-19-13(11)9-5-3-6-10(16)7-9/h3,5-8,12H,2,4H2,1H3,(H,17,19)(H,18,20)(H,21,22). The molecule has 1 unspecified atom stereocenters. The van der Waals surface area contributed by atoms with Gasteiger partial charge in [-0.25, -0.2) is 4.79 Å². The van der Waals surface area contributed by atoms with Gasteiger partial charge < -0.3 is 10.4 Å². The van der Waals surface area contributed by atoms with Gasteiger partial charge >= 0.3 is 5.97 Å². The number of hydrogen-bond acceptors (Lipinski definition) is 3. The van der Waals surface area contributed by atoms with Gasteiger partial charge in [0.15, 0.2) is 0 Å². The lowest BCUT2D eigenvalue weighted by molar-refractivity contribution is -0.139. The van der Waals surface area contributed by atoms with E-state index in [1.807, 2.05) is 6.92 Å². The van der Waals surface area contributed by atoms with Crippen molar-refractivity contribution in [1.29, 1.82) is 0 Å². The lowest BCUT2D eigenvalue weighted by Crippen LogP contribution is -2.40. The summed E-state index contributed by atoms with van der Waals surface area (Å²) in [5.74, 6) is -1.53. The van der Waals surface area contributed by atoms with Crippen molar-refractivity contribution in [2.45, 2.75) is 25.8 Å². The molecule has 1 aromatic heterocycles. The maximum absolute atomic E-state index is 12.3. The van der Waals surface area contributed by atoms with Crippen LogP contribution in [-0.4, -0.2) is 33.2 Å². The number of aliphatic carboxylic acids is 1. The summed E-state index contributed by atoms with van der Waals surface area (Å²) in [4.78, 5) is 23.4. The summed E-state index contributed by atoms with van der Waals surface area (Å²) in [6.45, 7) is 1.86. The smallest absolute Gasteiger partial charge is 0.326 e. The van der Waals surface area contributed by atoms with E-state index < -0.39 is 17.9 Å². The van der Waals surface area contributed by atoms with Gasteiger partial charge in [-0.05, 0) is 18.6 Å². The first-order valence-corrected chi connectivity index (χ1v) is 7.23. The third-order valence-electron chi connectivity index (χ3n) is 3.18. The highest BCUT2D eigenvalue weighted by atomic mass is 35.5. The lowest BCUT2D eigenvalue weighted by Gasteiger charge is -2.13. The van der Waals surface area contributed by atoms with E-state index in [9.17, 15) is 9.59 Å². The number of benzene rings is 1. The van der Waals surface area contributed by atoms with E-state index in [0.717, 1.165) is 0 Å². The van der Waals surface area contributed by atoms with Crippen molar-refractivity contribution in [3.8, 4) is 11.3 Å². The largest absolute Gasteiger partial charge is 0.480 e. The Labute approximate surface area is 132 Å². The fourth-order valence-corrected chi connectivity index (χ4v) is 2.29. The number of carbonyl (C=O) groups excluding carboxylic acids is 1. The zero-order valence-electron chi connectivity index (χ0n) is 12.0. The minimum Gasteiger partial charge on any atom is -0.480 e. The minimum atomic E-state index is -1.05. The number of carboxylic acid groups (broad SMARTS) is 1. The number of aromatic amines is 1. The summed E-state index contributed by atoms with van der Waals surface area (Å²) in [6, 6.07) is 6.06. The summed E-state index contributed by atoms with van der Waals surface area (Å²) < 4.78 is 0. The van der Waals surface area contributed by atoms with Gasteiger partial charge in [0.05, 0.1) is 17.5 Å². The van der Waals surface area contributed by atoms with Gasteiger partial charge in [-0.3, -0.25) is 9.89 Å². The number of carbonyl (C=O) groups is 2. The molecule has 0 fully saturated rings. The van der Waals surface area contributed by atoms with E-state index >= 15 is 0 Å². The molecule has 1 heterocycles. The van der Waals surface area contributed by atoms with Crippen LogP contribution >= 0.6 is 11.6 Å². The second-order valence-electron chi connectivity index (χ2n) is 4.82. The predicted octanol–water partition coefficient (Wildman–Crippen LogP) is 2.71. The SMILES string of the molecule is CCCC(NC(=O)c1cn[nH]c1-c1cccc(Cl)c1)C(=O)O. The molecular weight excluding hydrogens is 306 g/mol. The van der Waals surface area contributed by atoms with Crippen LogP contribution in [0.2, 0.25) is 5.02 Å². The molecule has 116 valence electrons. The molecule has 0 aliphatic carbocycles. The Bertz CT molecular complexity index is 684. The molecule has 0 aliphatic rings. The second kappa shape index (κ2) is 7.09. The van der Waals surface area contributed by atoms with E-state index in [4.69, 9.17) is 16.7 Å². The Morgan fingerprint density at radius 2 is 2.23 bits per heavy atom. The molecule has 2 rings (SSSR count). The van der Waals surface area contributed by atoms with Gasteiger partial charge in [0.2, 0.25) is 0 Å². The number of carboxylic acids is 1. The van der Waals surface area contributed by atoms with Crippen LogP contribution in [0.4, 0.5) is 0 Å². The van der Waals surface area contributed by atoms with Gasteiger partial charge in [0.1, 0.15) is 6.04 Å². The van der Waals surface area contributed by atoms with E-state index in [2.05, 4.69) is 15.5 Å². The van der Waals surface area contributed by atoms with Crippen molar-refractivity contribution in [2.24, 2.45) is 0 Å². The van der Waals surface area contributed by atoms with E-state index in [1.165, 1.54) is 6.20 Å². The highest BCUT2D eigenvalue weighted by molar-refractivity contribution is 6.30. The Morgan fingerprint density at radius 3 is 2.86 bits per heavy atom. The summed E-state index contributed by atoms with van der Waals surface area (Å²) in [5.41, 5.74) is 1.49. The maximum Gasteiger partial charge on any atom is 0.326 e. The molecule has 0 spiro atoms. The fraction of sp³-hybridized carbons (Fsp3) is 0.267. The van der Waals surface area contributed by atoms with Gasteiger partial charge in [0, 0.05) is 10.6 Å². The molecule has 0 bridgehead atoms. The Hall–Kier alpha value is -2.34. The van der Waals surface area contributed by atoms with Gasteiger partial charge in [-0.1, -0.05) is 37.1 Å². The first kappa shape index (κ1) is 16.0. The van der Waals surface area contributed by atoms with Gasteiger partial charge in [-0.2, -0.15) is 5.10 Å². The summed E-state index contributed by atoms with van der Waals surface area (Å²) in [5, 5.41) is 18.8. The van der Waals surface area contributed by atoms with E-state index in [0.29, 0.717) is 29.1 Å². The molecule has 1 amide bonds. The molecule has 0 saturated carbocycles. The lowest BCUT2D eigenvalue weighted by atomic mass is 10.1. The monoisotopic (exact) mass is 321 g/mol. The molecule has 0 aliphatic heterocycles. The zero-order valence-corrected chi connectivity index (χ0v) is 12.7. The molecule has 3 N–H and O–H groups in total. The summed E-state index contributed by atoms with van der Waals surface area (Å²) in [7, 11) is 0. The number of halogens is 1. The molecule has 6 nitrogen and oxygen atoms in total. The average Bonchev–Trinajstić information content (AvgIpc) is 2.96. The fourth-order valence-electron chi connectivity index (χ4n) is 2.10. The van der Waals surface area contributed by atoms with Crippen LogP contribution in [0, 0.1) is 0 Å². The highest BCUT2D eigenvalue weighted by Crippen LogP contribution is 2.24. The number of amides is 1. The molecular formula is C15H16ClN3O3. The van der Waals surface area contributed by atoms with Crippen LogP contribution in [-0.2, 0) is 4.79 Å². The topological polar surface area (TPSA) is 95.1 Å². The number of nitrogens with zero attached hydrogens (tertiary/aromatic N) is 1. The number of hydrogen-bond donors (Lipinski definition) is 3. The van der Waals surface area contributed by atoms with Crippen molar-refractivity contribution in [2.75, 3.05) is 0 Å². The molecule has 7 heteroatoms. The Kier molecular flexibility index (Phi) is 5.16. The minimum absolute atomic E-state index is 0.282. The number of H-pyrrole nitrogens is 1. The molecule has 1 aromatic carbocycles. The molecule has 0 saturated heterocycles. The molecule has 2 aromatic rings. The molecule has 1 atom stereocenters. The molecule has 0 radical (unpaired) electrons. The first-order valence-electron chi connectivity index (χ1n) is 6.86. The van der Waals surface area contributed by atoms with Gasteiger partial charge in [0.25, 0.3) is 5.91 Å². The quantitative estimate of drug-likeness (QED) is 0.762. The van der Waals surface area contributed by atoms with Gasteiger partial charge in [-0.15, -0.1) is 0 Å². The van der Waals surface area contributed by atoms with Crippen molar-refractivity contribution >= 4 is 23.5 Å². The third-order valence-corrected chi connectivity index (χ3v) is 3.41. The van der Waals surface area contributed by atoms with E-state index in [1.54, 1.807) is 24.3 Å². The normalized spacial score (nSPS) is 11.9. The van der Waals surface area contributed by atoms with Crippen molar-refractivity contribution < 1.29 is 14.7 Å². The molecule has 22 heavy (non-hydrogen) atoms. The number of rotatable bonds is 6. The average molecular weight is 322 g/mol. The number of nitrogens with one attached hydrogen (secondary N) is 2. The van der Waals surface area contributed by atoms with Crippen LogP contribution in [0.25, 0.3) is 11.3 Å². The van der Waals surface area contributed by atoms with Crippen LogP contribution < -0.4 is 5.32 Å². The summed E-state index contributed by atoms with van der Waals surface area (Å²) in [6.07, 6.45) is 2.39. The number of aromatic nitrogens is 2. The van der Waals surface area contributed by atoms with Crippen LogP contribution in [0.3, 0.4) is 0 Å². The summed E-state index contributed by atoms with van der Waals surface area (Å²) >= 11 is 5.95. The first-order chi connectivity index (χ1) is 10.5. The van der Waals surface area contributed by atoms with Crippen molar-refractivity contribution in [1.82, 2.24) is 15.5 Å². The third kappa shape index (κ3) is 3.65. The Balaban J connectivity index is 2.25. The van der Waals surface area contributed by atoms with Crippen LogP contribution in [0.5, 0.6) is 0 Å². The second-order valence-corrected chi connectivity index (χ2v) is 5.26. The van der Waals surface area contributed by atoms with Crippen molar-refractivity contribution in [3.63, 3.8) is 0 Å². The highest BCUT2D eigenvalue weighted by Gasteiger charge is 2.22. The Morgan fingerprint density at radius 1 is 1.45 bits per heavy atom. The van der Waals surface area contributed by atoms with Crippen LogP contribution in [0.15, 0.2) is 30.5 Å². The van der Waals surface area contributed by atoms with E-state index in [-0.39, 0.29) is 5.56 Å². The maximum atomic E-state index is 12.3.